The second kappa shape index (κ2) is 6.18. The molecule has 0 radical (unpaired) electrons. The minimum Gasteiger partial charge on any atom is -0.378 e. The zero-order valence-corrected chi connectivity index (χ0v) is 14.1. The van der Waals surface area contributed by atoms with E-state index in [0.717, 1.165) is 12.6 Å². The van der Waals surface area contributed by atoms with E-state index in [2.05, 4.69) is 30.9 Å². The van der Waals surface area contributed by atoms with Gasteiger partial charge < -0.3 is 10.1 Å². The van der Waals surface area contributed by atoms with E-state index < -0.39 is 0 Å². The fourth-order valence-corrected chi connectivity index (χ4v) is 5.92. The van der Waals surface area contributed by atoms with Crippen LogP contribution in [0.15, 0.2) is 0 Å². The molecule has 0 aromatic carbocycles. The molecule has 3 aliphatic rings. The fourth-order valence-electron chi connectivity index (χ4n) is 4.67. The third kappa shape index (κ3) is 2.78. The number of rotatable bonds is 5. The molecule has 3 atom stereocenters. The van der Waals surface area contributed by atoms with E-state index in [1.54, 1.807) is 0 Å². The molecule has 1 saturated heterocycles. The summed E-state index contributed by atoms with van der Waals surface area (Å²) in [5, 5.41) is 3.95. The summed E-state index contributed by atoms with van der Waals surface area (Å²) in [6, 6.07) is 0.720. The molecule has 0 bridgehead atoms. The molecule has 3 fully saturated rings. The summed E-state index contributed by atoms with van der Waals surface area (Å²) in [5.74, 6) is 1.36. The summed E-state index contributed by atoms with van der Waals surface area (Å²) < 4.78 is 6.55. The molecule has 2 aliphatic carbocycles. The van der Waals surface area contributed by atoms with Crippen molar-refractivity contribution in [2.75, 3.05) is 18.9 Å². The summed E-state index contributed by atoms with van der Waals surface area (Å²) in [7, 11) is 0. The van der Waals surface area contributed by atoms with Crippen molar-refractivity contribution < 1.29 is 4.74 Å². The largest absolute Gasteiger partial charge is 0.378 e. The molecule has 1 spiro atoms. The summed E-state index contributed by atoms with van der Waals surface area (Å²) in [6.45, 7) is 6.67. The molecule has 2 nitrogen and oxygen atoms in total. The number of nitrogens with one attached hydrogen (secondary N) is 1. The zero-order chi connectivity index (χ0) is 14.1. The van der Waals surface area contributed by atoms with E-state index in [-0.39, 0.29) is 0 Å². The lowest BCUT2D eigenvalue weighted by Gasteiger charge is -2.58. The van der Waals surface area contributed by atoms with E-state index in [1.165, 1.54) is 63.7 Å². The highest BCUT2D eigenvalue weighted by Gasteiger charge is 2.55. The maximum absolute atomic E-state index is 6.05. The van der Waals surface area contributed by atoms with Crippen molar-refractivity contribution in [2.24, 2.45) is 5.41 Å². The quantitative estimate of drug-likeness (QED) is 0.829. The van der Waals surface area contributed by atoms with Crippen LogP contribution in [0.5, 0.6) is 0 Å². The van der Waals surface area contributed by atoms with Gasteiger partial charge in [0.25, 0.3) is 0 Å². The maximum atomic E-state index is 6.05. The van der Waals surface area contributed by atoms with Gasteiger partial charge in [-0.15, -0.1) is 0 Å². The van der Waals surface area contributed by atoms with Crippen LogP contribution < -0.4 is 5.32 Å². The van der Waals surface area contributed by atoms with Gasteiger partial charge in [-0.25, -0.2) is 0 Å². The van der Waals surface area contributed by atoms with Crippen LogP contribution in [0.25, 0.3) is 0 Å². The molecule has 0 aromatic rings. The standard InChI is InChI=1S/C17H31NOS/c1-3-19-15-12-14(17(15)9-5-4-6-10-17)18-13-16(2)8-7-11-20-16/h14-15,18H,3-13H2,1-2H3. The Morgan fingerprint density at radius 1 is 1.15 bits per heavy atom. The van der Waals surface area contributed by atoms with E-state index in [4.69, 9.17) is 4.74 Å². The monoisotopic (exact) mass is 297 g/mol. The summed E-state index contributed by atoms with van der Waals surface area (Å²) >= 11 is 2.17. The van der Waals surface area contributed by atoms with Gasteiger partial charge >= 0.3 is 0 Å². The van der Waals surface area contributed by atoms with Crippen molar-refractivity contribution in [3.63, 3.8) is 0 Å². The first-order valence-corrected chi connectivity index (χ1v) is 9.66. The van der Waals surface area contributed by atoms with Crippen molar-refractivity contribution in [2.45, 2.75) is 82.1 Å². The second-order valence-electron chi connectivity index (χ2n) is 7.31. The molecule has 116 valence electrons. The highest BCUT2D eigenvalue weighted by atomic mass is 32.2. The molecule has 0 aromatic heterocycles. The van der Waals surface area contributed by atoms with Crippen molar-refractivity contribution in [1.29, 1.82) is 0 Å². The van der Waals surface area contributed by atoms with Crippen molar-refractivity contribution in [3.05, 3.63) is 0 Å². The van der Waals surface area contributed by atoms with Gasteiger partial charge in [-0.3, -0.25) is 0 Å². The average molecular weight is 298 g/mol. The van der Waals surface area contributed by atoms with Crippen molar-refractivity contribution in [1.82, 2.24) is 5.32 Å². The minimum absolute atomic E-state index is 0.480. The molecular weight excluding hydrogens is 266 g/mol. The number of hydrogen-bond donors (Lipinski definition) is 1. The summed E-state index contributed by atoms with van der Waals surface area (Å²) in [6.07, 6.45) is 11.6. The Kier molecular flexibility index (Phi) is 4.69. The molecule has 2 saturated carbocycles. The van der Waals surface area contributed by atoms with Gasteiger partial charge in [0, 0.05) is 29.4 Å². The lowest BCUT2D eigenvalue weighted by atomic mass is 9.55. The number of thioether (sulfide) groups is 1. The smallest absolute Gasteiger partial charge is 0.0661 e. The molecule has 20 heavy (non-hydrogen) atoms. The highest BCUT2D eigenvalue weighted by molar-refractivity contribution is 8.00. The SMILES string of the molecule is CCOC1CC(NCC2(C)CCCS2)C12CCCCC2. The first kappa shape index (κ1) is 15.2. The molecule has 3 unspecified atom stereocenters. The maximum Gasteiger partial charge on any atom is 0.0661 e. The topological polar surface area (TPSA) is 21.3 Å². The predicted molar refractivity (Wildman–Crippen MR) is 87.4 cm³/mol. The molecular formula is C17H31NOS. The normalized spacial score (nSPS) is 39.9. The van der Waals surface area contributed by atoms with Gasteiger partial charge in [0.05, 0.1) is 6.10 Å². The molecule has 3 heteroatoms. The van der Waals surface area contributed by atoms with E-state index in [9.17, 15) is 0 Å². The highest BCUT2D eigenvalue weighted by Crippen LogP contribution is 2.53. The number of ether oxygens (including phenoxy) is 1. The second-order valence-corrected chi connectivity index (χ2v) is 8.99. The first-order chi connectivity index (χ1) is 9.69. The van der Waals surface area contributed by atoms with Crippen LogP contribution >= 0.6 is 11.8 Å². The Balaban J connectivity index is 1.58. The van der Waals surface area contributed by atoms with Gasteiger partial charge in [0.2, 0.25) is 0 Å². The van der Waals surface area contributed by atoms with Crippen LogP contribution in [0.4, 0.5) is 0 Å². The molecule has 3 rings (SSSR count). The van der Waals surface area contributed by atoms with E-state index >= 15 is 0 Å². The Morgan fingerprint density at radius 3 is 2.60 bits per heavy atom. The van der Waals surface area contributed by atoms with Gasteiger partial charge in [-0.1, -0.05) is 19.3 Å². The van der Waals surface area contributed by atoms with Crippen molar-refractivity contribution >= 4 is 11.8 Å². The predicted octanol–water partition coefficient (Wildman–Crippen LogP) is 3.99. The molecule has 1 heterocycles. The lowest BCUT2D eigenvalue weighted by molar-refractivity contribution is -0.150. The minimum atomic E-state index is 0.480. The Bertz CT molecular complexity index is 321. The Hall–Kier alpha value is 0.270. The summed E-state index contributed by atoms with van der Waals surface area (Å²) in [4.78, 5) is 0. The van der Waals surface area contributed by atoms with Crippen LogP contribution in [0.1, 0.15) is 65.2 Å². The first-order valence-electron chi connectivity index (χ1n) is 8.67. The zero-order valence-electron chi connectivity index (χ0n) is 13.2. The van der Waals surface area contributed by atoms with Gasteiger partial charge in [-0.05, 0) is 51.7 Å². The molecule has 0 amide bonds. The van der Waals surface area contributed by atoms with Crippen LogP contribution in [0.3, 0.4) is 0 Å². The third-order valence-corrected chi connectivity index (χ3v) is 7.50. The van der Waals surface area contributed by atoms with Crippen LogP contribution in [0, 0.1) is 5.41 Å². The van der Waals surface area contributed by atoms with E-state index in [0.29, 0.717) is 16.3 Å². The van der Waals surface area contributed by atoms with E-state index in [1.807, 2.05) is 0 Å². The third-order valence-electron chi connectivity index (χ3n) is 5.96. The summed E-state index contributed by atoms with van der Waals surface area (Å²) in [5.41, 5.74) is 0.480. The van der Waals surface area contributed by atoms with Crippen LogP contribution in [0.2, 0.25) is 0 Å². The number of hydrogen-bond acceptors (Lipinski definition) is 3. The molecule has 1 N–H and O–H groups in total. The Morgan fingerprint density at radius 2 is 1.95 bits per heavy atom. The average Bonchev–Trinajstić information content (AvgIpc) is 2.90. The van der Waals surface area contributed by atoms with Gasteiger partial charge in [-0.2, -0.15) is 11.8 Å². The van der Waals surface area contributed by atoms with Crippen molar-refractivity contribution in [3.8, 4) is 0 Å². The fraction of sp³-hybridized carbons (Fsp3) is 1.00. The Labute approximate surface area is 128 Å². The van der Waals surface area contributed by atoms with Crippen LogP contribution in [-0.4, -0.2) is 35.8 Å². The van der Waals surface area contributed by atoms with Gasteiger partial charge in [0.1, 0.15) is 0 Å². The van der Waals surface area contributed by atoms with Gasteiger partial charge in [0.15, 0.2) is 0 Å². The lowest BCUT2D eigenvalue weighted by Crippen LogP contribution is -2.65. The van der Waals surface area contributed by atoms with Crippen LogP contribution in [-0.2, 0) is 4.74 Å². The molecule has 1 aliphatic heterocycles.